The summed E-state index contributed by atoms with van der Waals surface area (Å²) in [5.41, 5.74) is 0. The lowest BCUT2D eigenvalue weighted by Crippen LogP contribution is -2.11. The molecule has 0 saturated heterocycles. The maximum Gasteiger partial charge on any atom is 0.308 e. The highest BCUT2D eigenvalue weighted by atomic mass is 79.9. The number of halogens is 2. The molecule has 0 radical (unpaired) electrons. The molecule has 4 nitrogen and oxygen atoms in total. The molecular formula is C6H6Br2O4. The maximum atomic E-state index is 10.5. The van der Waals surface area contributed by atoms with Gasteiger partial charge < -0.3 is 10.2 Å². The zero-order valence-electron chi connectivity index (χ0n) is 5.83. The molecule has 0 aromatic carbocycles. The summed E-state index contributed by atoms with van der Waals surface area (Å²) in [5.74, 6) is -3.79. The van der Waals surface area contributed by atoms with Gasteiger partial charge in [0.2, 0.25) is 0 Å². The highest BCUT2D eigenvalue weighted by Gasteiger charge is 2.70. The van der Waals surface area contributed by atoms with Crippen molar-refractivity contribution in [1.82, 2.24) is 0 Å². The van der Waals surface area contributed by atoms with Crippen molar-refractivity contribution in [3.8, 4) is 0 Å². The lowest BCUT2D eigenvalue weighted by atomic mass is 10.3. The second kappa shape index (κ2) is 2.99. The SMILES string of the molecule is O=C(O)C1[C@H](C(=O)O)C1(Br)CBr. The summed E-state index contributed by atoms with van der Waals surface area (Å²) in [5, 5.41) is 17.6. The summed E-state index contributed by atoms with van der Waals surface area (Å²) in [6.45, 7) is 0. The molecule has 0 spiro atoms. The van der Waals surface area contributed by atoms with Crippen molar-refractivity contribution in [3.63, 3.8) is 0 Å². The molecule has 0 aliphatic heterocycles. The topological polar surface area (TPSA) is 74.6 Å². The maximum absolute atomic E-state index is 10.5. The number of alkyl halides is 2. The van der Waals surface area contributed by atoms with E-state index in [2.05, 4.69) is 31.9 Å². The quantitative estimate of drug-likeness (QED) is 0.761. The zero-order valence-corrected chi connectivity index (χ0v) is 9.00. The predicted molar refractivity (Wildman–Crippen MR) is 47.7 cm³/mol. The van der Waals surface area contributed by atoms with Crippen LogP contribution in [-0.4, -0.2) is 31.8 Å². The highest BCUT2D eigenvalue weighted by Crippen LogP contribution is 2.58. The number of carboxylic acids is 2. The Balaban J connectivity index is 2.81. The van der Waals surface area contributed by atoms with Gasteiger partial charge in [-0.1, -0.05) is 31.9 Å². The number of rotatable bonds is 3. The first-order valence-corrected chi connectivity index (χ1v) is 5.07. The van der Waals surface area contributed by atoms with Crippen molar-refractivity contribution in [3.05, 3.63) is 0 Å². The summed E-state index contributed by atoms with van der Waals surface area (Å²) in [6, 6.07) is 0. The fraction of sp³-hybridized carbons (Fsp3) is 0.667. The minimum absolute atomic E-state index is 0.327. The summed E-state index contributed by atoms with van der Waals surface area (Å²) in [6.07, 6.45) is 0. The molecule has 1 aliphatic carbocycles. The van der Waals surface area contributed by atoms with Crippen LogP contribution >= 0.6 is 31.9 Å². The number of hydrogen-bond donors (Lipinski definition) is 2. The van der Waals surface area contributed by atoms with E-state index < -0.39 is 28.1 Å². The Morgan fingerprint density at radius 3 is 1.67 bits per heavy atom. The lowest BCUT2D eigenvalue weighted by molar-refractivity contribution is -0.144. The molecule has 0 heterocycles. The van der Waals surface area contributed by atoms with Crippen molar-refractivity contribution >= 4 is 43.8 Å². The van der Waals surface area contributed by atoms with Gasteiger partial charge in [0.1, 0.15) is 0 Å². The third-order valence-electron chi connectivity index (χ3n) is 2.00. The van der Waals surface area contributed by atoms with E-state index in [1.807, 2.05) is 0 Å². The average molecular weight is 302 g/mol. The highest BCUT2D eigenvalue weighted by molar-refractivity contribution is 9.12. The van der Waals surface area contributed by atoms with Gasteiger partial charge in [0.25, 0.3) is 0 Å². The molecule has 1 aliphatic rings. The van der Waals surface area contributed by atoms with Crippen LogP contribution in [0.2, 0.25) is 0 Å². The van der Waals surface area contributed by atoms with E-state index in [1.54, 1.807) is 0 Å². The Hall–Kier alpha value is -0.100. The van der Waals surface area contributed by atoms with E-state index in [0.29, 0.717) is 5.33 Å². The smallest absolute Gasteiger partial charge is 0.308 e. The normalized spacial score (nSPS) is 39.2. The number of carbonyl (C=O) groups is 2. The second-order valence-corrected chi connectivity index (χ2v) is 4.73. The molecule has 1 fully saturated rings. The fourth-order valence-electron chi connectivity index (χ4n) is 1.27. The van der Waals surface area contributed by atoms with Crippen LogP contribution in [0.4, 0.5) is 0 Å². The summed E-state index contributed by atoms with van der Waals surface area (Å²) in [7, 11) is 0. The van der Waals surface area contributed by atoms with Gasteiger partial charge in [0.15, 0.2) is 0 Å². The van der Waals surface area contributed by atoms with Crippen LogP contribution in [0.15, 0.2) is 0 Å². The molecule has 3 atom stereocenters. The minimum atomic E-state index is -1.07. The third kappa shape index (κ3) is 1.26. The number of carboxylic acid groups (broad SMARTS) is 2. The van der Waals surface area contributed by atoms with Crippen molar-refractivity contribution in [2.75, 3.05) is 5.33 Å². The zero-order chi connectivity index (χ0) is 9.52. The van der Waals surface area contributed by atoms with E-state index in [4.69, 9.17) is 10.2 Å². The molecule has 68 valence electrons. The summed E-state index contributed by atoms with van der Waals surface area (Å²) < 4.78 is -0.801. The van der Waals surface area contributed by atoms with Gasteiger partial charge in [-0.3, -0.25) is 9.59 Å². The fourth-order valence-corrected chi connectivity index (χ4v) is 2.76. The van der Waals surface area contributed by atoms with Gasteiger partial charge in [-0.25, -0.2) is 0 Å². The van der Waals surface area contributed by atoms with Crippen LogP contribution in [-0.2, 0) is 9.59 Å². The van der Waals surface area contributed by atoms with Crippen molar-refractivity contribution in [2.24, 2.45) is 11.8 Å². The minimum Gasteiger partial charge on any atom is -0.481 e. The first-order chi connectivity index (χ1) is 5.45. The van der Waals surface area contributed by atoms with E-state index in [-0.39, 0.29) is 0 Å². The standard InChI is InChI=1S/C6H6Br2O4/c7-1-6(8)2(4(9)10)3(6)5(11)12/h2-3H,1H2,(H,9,10)(H,11,12)/t2-,3?,6?/m1/s1. The molecule has 6 heteroatoms. The van der Waals surface area contributed by atoms with Crippen LogP contribution < -0.4 is 0 Å². The van der Waals surface area contributed by atoms with Crippen LogP contribution in [0.25, 0.3) is 0 Å². The van der Waals surface area contributed by atoms with Gasteiger partial charge >= 0.3 is 11.9 Å². The Kier molecular flexibility index (Phi) is 2.49. The van der Waals surface area contributed by atoms with Crippen LogP contribution in [0, 0.1) is 11.8 Å². The molecule has 0 amide bonds. The first-order valence-electron chi connectivity index (χ1n) is 3.15. The Labute approximate surface area is 85.2 Å². The van der Waals surface area contributed by atoms with Gasteiger partial charge in [0.05, 0.1) is 16.2 Å². The predicted octanol–water partition coefficient (Wildman–Crippen LogP) is 0.930. The number of hydrogen-bond acceptors (Lipinski definition) is 2. The molecule has 0 aromatic rings. The molecule has 2 N–H and O–H groups in total. The largest absolute Gasteiger partial charge is 0.481 e. The van der Waals surface area contributed by atoms with Gasteiger partial charge in [-0.05, 0) is 0 Å². The van der Waals surface area contributed by atoms with Gasteiger partial charge in [-0.2, -0.15) is 0 Å². The molecule has 2 unspecified atom stereocenters. The molecule has 0 bridgehead atoms. The van der Waals surface area contributed by atoms with Crippen molar-refractivity contribution < 1.29 is 19.8 Å². The third-order valence-corrected chi connectivity index (χ3v) is 4.94. The van der Waals surface area contributed by atoms with E-state index >= 15 is 0 Å². The molecular weight excluding hydrogens is 296 g/mol. The molecule has 1 saturated carbocycles. The van der Waals surface area contributed by atoms with Gasteiger partial charge in [-0.15, -0.1) is 0 Å². The average Bonchev–Trinajstić information content (AvgIpc) is 2.58. The molecule has 1 rings (SSSR count). The lowest BCUT2D eigenvalue weighted by Gasteiger charge is -1.99. The van der Waals surface area contributed by atoms with Crippen molar-refractivity contribution in [1.29, 1.82) is 0 Å². The van der Waals surface area contributed by atoms with Crippen molar-refractivity contribution in [2.45, 2.75) is 4.32 Å². The Morgan fingerprint density at radius 2 is 1.58 bits per heavy atom. The van der Waals surface area contributed by atoms with Gasteiger partial charge in [0, 0.05) is 5.33 Å². The van der Waals surface area contributed by atoms with Crippen LogP contribution in [0.5, 0.6) is 0 Å². The monoisotopic (exact) mass is 300 g/mol. The number of aliphatic carboxylic acids is 2. The van der Waals surface area contributed by atoms with Crippen LogP contribution in [0.1, 0.15) is 0 Å². The summed E-state index contributed by atoms with van der Waals surface area (Å²) in [4.78, 5) is 21.1. The Morgan fingerprint density at radius 1 is 1.25 bits per heavy atom. The van der Waals surface area contributed by atoms with E-state index in [9.17, 15) is 9.59 Å². The summed E-state index contributed by atoms with van der Waals surface area (Å²) >= 11 is 6.19. The van der Waals surface area contributed by atoms with Crippen LogP contribution in [0.3, 0.4) is 0 Å². The first kappa shape index (κ1) is 9.98. The second-order valence-electron chi connectivity index (χ2n) is 2.69. The molecule has 0 aromatic heterocycles. The Bertz CT molecular complexity index is 220. The molecule has 12 heavy (non-hydrogen) atoms. The van der Waals surface area contributed by atoms with E-state index in [0.717, 1.165) is 0 Å². The van der Waals surface area contributed by atoms with E-state index in [1.165, 1.54) is 0 Å².